The van der Waals surface area contributed by atoms with Gasteiger partial charge in [0, 0.05) is 24.7 Å². The molecule has 1 fully saturated rings. The van der Waals surface area contributed by atoms with E-state index in [-0.39, 0.29) is 12.5 Å². The van der Waals surface area contributed by atoms with Gasteiger partial charge < -0.3 is 15.2 Å². The minimum Gasteiger partial charge on any atom is -0.394 e. The predicted octanol–water partition coefficient (Wildman–Crippen LogP) is 0.696. The van der Waals surface area contributed by atoms with Crippen molar-refractivity contribution in [2.75, 3.05) is 19.8 Å². The zero-order valence-corrected chi connectivity index (χ0v) is 10.7. The van der Waals surface area contributed by atoms with E-state index in [1.165, 1.54) is 0 Å². The molecule has 4 heteroatoms. The lowest BCUT2D eigenvalue weighted by atomic mass is 9.91. The quantitative estimate of drug-likeness (QED) is 0.769. The highest BCUT2D eigenvalue weighted by atomic mass is 16.5. The molecule has 0 bridgehead atoms. The zero-order valence-electron chi connectivity index (χ0n) is 10.7. The highest BCUT2D eigenvalue weighted by molar-refractivity contribution is 5.94. The highest BCUT2D eigenvalue weighted by Gasteiger charge is 2.33. The summed E-state index contributed by atoms with van der Waals surface area (Å²) in [6.07, 6.45) is 1.23. The first kappa shape index (κ1) is 13.6. The van der Waals surface area contributed by atoms with Gasteiger partial charge in [0.05, 0.1) is 12.1 Å². The lowest BCUT2D eigenvalue weighted by Crippen LogP contribution is -2.54. The fourth-order valence-corrected chi connectivity index (χ4v) is 2.01. The average molecular weight is 259 g/mol. The Kier molecular flexibility index (Phi) is 4.56. The topological polar surface area (TPSA) is 58.6 Å². The molecule has 4 nitrogen and oxygen atoms in total. The molecule has 19 heavy (non-hydrogen) atoms. The van der Waals surface area contributed by atoms with E-state index in [4.69, 9.17) is 4.74 Å². The molecule has 0 atom stereocenters. The minimum absolute atomic E-state index is 0.0882. The molecule has 0 radical (unpaired) electrons. The van der Waals surface area contributed by atoms with Gasteiger partial charge in [-0.3, -0.25) is 4.79 Å². The SMILES string of the molecule is O=C(C#Cc1ccccc1)NC1(CO)CCOCC1. The minimum atomic E-state index is -0.583. The Labute approximate surface area is 112 Å². The fraction of sp³-hybridized carbons (Fsp3) is 0.400. The van der Waals surface area contributed by atoms with Crippen molar-refractivity contribution in [3.05, 3.63) is 35.9 Å². The molecule has 100 valence electrons. The van der Waals surface area contributed by atoms with Crippen molar-refractivity contribution < 1.29 is 14.6 Å². The Morgan fingerprint density at radius 1 is 1.32 bits per heavy atom. The molecular formula is C15H17NO3. The summed E-state index contributed by atoms with van der Waals surface area (Å²) in [6, 6.07) is 9.33. The molecule has 1 aliphatic heterocycles. The summed E-state index contributed by atoms with van der Waals surface area (Å²) in [5.74, 6) is 4.99. The molecule has 1 amide bonds. The largest absolute Gasteiger partial charge is 0.394 e. The summed E-state index contributed by atoms with van der Waals surface area (Å²) in [6.45, 7) is 1.01. The molecule has 0 saturated carbocycles. The standard InChI is InChI=1S/C15H17NO3/c17-12-15(8-10-19-11-9-15)16-14(18)7-6-13-4-2-1-3-5-13/h1-5,17H,8-12H2,(H,16,18). The van der Waals surface area contributed by atoms with E-state index in [2.05, 4.69) is 17.2 Å². The van der Waals surface area contributed by atoms with Crippen molar-refractivity contribution in [3.63, 3.8) is 0 Å². The first-order chi connectivity index (χ1) is 9.24. The first-order valence-corrected chi connectivity index (χ1v) is 6.32. The van der Waals surface area contributed by atoms with Crippen LogP contribution in [0.3, 0.4) is 0 Å². The molecule has 0 aromatic heterocycles. The zero-order chi connectivity index (χ0) is 13.6. The number of ether oxygens (including phenoxy) is 1. The van der Waals surface area contributed by atoms with Gasteiger partial charge >= 0.3 is 0 Å². The summed E-state index contributed by atoms with van der Waals surface area (Å²) in [5.41, 5.74) is 0.212. The molecule has 0 aliphatic carbocycles. The maximum Gasteiger partial charge on any atom is 0.296 e. The van der Waals surface area contributed by atoms with Gasteiger partial charge in [-0.05, 0) is 25.0 Å². The second-order valence-electron chi connectivity index (χ2n) is 4.62. The number of hydrogen-bond donors (Lipinski definition) is 2. The van der Waals surface area contributed by atoms with Crippen LogP contribution in [0.4, 0.5) is 0 Å². The molecule has 1 aromatic rings. The molecule has 2 N–H and O–H groups in total. The summed E-state index contributed by atoms with van der Waals surface area (Å²) >= 11 is 0. The Hall–Kier alpha value is -1.83. The number of amides is 1. The van der Waals surface area contributed by atoms with Crippen molar-refractivity contribution >= 4 is 5.91 Å². The maximum atomic E-state index is 11.8. The van der Waals surface area contributed by atoms with Crippen molar-refractivity contribution in [1.82, 2.24) is 5.32 Å². The number of rotatable bonds is 2. The molecular weight excluding hydrogens is 242 g/mol. The van der Waals surface area contributed by atoms with Gasteiger partial charge in [-0.2, -0.15) is 0 Å². The predicted molar refractivity (Wildman–Crippen MR) is 71.3 cm³/mol. The van der Waals surface area contributed by atoms with E-state index < -0.39 is 5.54 Å². The van der Waals surface area contributed by atoms with E-state index in [9.17, 15) is 9.90 Å². The molecule has 1 saturated heterocycles. The van der Waals surface area contributed by atoms with Crippen molar-refractivity contribution in [2.24, 2.45) is 0 Å². The third kappa shape index (κ3) is 3.82. The third-order valence-corrected chi connectivity index (χ3v) is 3.23. The summed E-state index contributed by atoms with van der Waals surface area (Å²) in [7, 11) is 0. The van der Waals surface area contributed by atoms with E-state index in [0.29, 0.717) is 26.1 Å². The van der Waals surface area contributed by atoms with E-state index >= 15 is 0 Å². The molecule has 1 heterocycles. The number of benzene rings is 1. The number of aliphatic hydroxyl groups excluding tert-OH is 1. The van der Waals surface area contributed by atoms with Gasteiger partial charge in [-0.1, -0.05) is 24.1 Å². The summed E-state index contributed by atoms with van der Waals surface area (Å²) < 4.78 is 5.24. The number of nitrogens with one attached hydrogen (secondary N) is 1. The van der Waals surface area contributed by atoms with Crippen LogP contribution in [-0.2, 0) is 9.53 Å². The first-order valence-electron chi connectivity index (χ1n) is 6.32. The van der Waals surface area contributed by atoms with Crippen LogP contribution in [0.5, 0.6) is 0 Å². The van der Waals surface area contributed by atoms with Crippen molar-refractivity contribution in [2.45, 2.75) is 18.4 Å². The summed E-state index contributed by atoms with van der Waals surface area (Å²) in [5, 5.41) is 12.3. The second kappa shape index (κ2) is 6.37. The molecule has 0 unspecified atom stereocenters. The van der Waals surface area contributed by atoms with E-state index in [1.807, 2.05) is 30.3 Å². The monoisotopic (exact) mass is 259 g/mol. The normalized spacial score (nSPS) is 17.1. The second-order valence-corrected chi connectivity index (χ2v) is 4.62. The molecule has 2 rings (SSSR count). The smallest absolute Gasteiger partial charge is 0.296 e. The van der Waals surface area contributed by atoms with Crippen LogP contribution in [0.15, 0.2) is 30.3 Å². The lowest BCUT2D eigenvalue weighted by molar-refractivity contribution is -0.119. The van der Waals surface area contributed by atoms with Crippen LogP contribution in [0.1, 0.15) is 18.4 Å². The number of aliphatic hydroxyl groups is 1. The molecule has 1 aliphatic rings. The van der Waals surface area contributed by atoms with Crippen molar-refractivity contribution in [3.8, 4) is 11.8 Å². The Morgan fingerprint density at radius 2 is 2.00 bits per heavy atom. The summed E-state index contributed by atoms with van der Waals surface area (Å²) in [4.78, 5) is 11.8. The average Bonchev–Trinajstić information content (AvgIpc) is 2.47. The van der Waals surface area contributed by atoms with E-state index in [0.717, 1.165) is 5.56 Å². The van der Waals surface area contributed by atoms with Gasteiger partial charge in [-0.15, -0.1) is 0 Å². The van der Waals surface area contributed by atoms with Gasteiger partial charge in [0.2, 0.25) is 0 Å². The van der Waals surface area contributed by atoms with Crippen LogP contribution < -0.4 is 5.32 Å². The Balaban J connectivity index is 1.99. The third-order valence-electron chi connectivity index (χ3n) is 3.23. The Bertz CT molecular complexity index is 481. The molecule has 0 spiro atoms. The number of carbonyl (C=O) groups is 1. The maximum absolute atomic E-state index is 11.8. The van der Waals surface area contributed by atoms with E-state index in [1.54, 1.807) is 0 Å². The Morgan fingerprint density at radius 3 is 2.63 bits per heavy atom. The van der Waals surface area contributed by atoms with Crippen LogP contribution in [0.25, 0.3) is 0 Å². The van der Waals surface area contributed by atoms with Gasteiger partial charge in [0.1, 0.15) is 0 Å². The van der Waals surface area contributed by atoms with Crippen LogP contribution in [-0.4, -0.2) is 36.4 Å². The fourth-order valence-electron chi connectivity index (χ4n) is 2.01. The van der Waals surface area contributed by atoms with Crippen LogP contribution in [0, 0.1) is 11.8 Å². The van der Waals surface area contributed by atoms with Gasteiger partial charge in [0.15, 0.2) is 0 Å². The number of carbonyl (C=O) groups excluding carboxylic acids is 1. The molecule has 1 aromatic carbocycles. The van der Waals surface area contributed by atoms with Crippen LogP contribution in [0.2, 0.25) is 0 Å². The number of hydrogen-bond acceptors (Lipinski definition) is 3. The van der Waals surface area contributed by atoms with Crippen LogP contribution >= 0.6 is 0 Å². The highest BCUT2D eigenvalue weighted by Crippen LogP contribution is 2.19. The van der Waals surface area contributed by atoms with Gasteiger partial charge in [-0.25, -0.2) is 0 Å². The lowest BCUT2D eigenvalue weighted by Gasteiger charge is -2.35. The van der Waals surface area contributed by atoms with Gasteiger partial charge in [0.25, 0.3) is 5.91 Å². The van der Waals surface area contributed by atoms with Crippen molar-refractivity contribution in [1.29, 1.82) is 0 Å².